The van der Waals surface area contributed by atoms with Gasteiger partial charge < -0.3 is 5.32 Å². The van der Waals surface area contributed by atoms with E-state index < -0.39 is 0 Å². The van der Waals surface area contributed by atoms with Crippen LogP contribution < -0.4 is 5.32 Å². The fourth-order valence-corrected chi connectivity index (χ4v) is 2.74. The van der Waals surface area contributed by atoms with Gasteiger partial charge in [-0.25, -0.2) is 4.98 Å². The Kier molecular flexibility index (Phi) is 4.77. The lowest BCUT2D eigenvalue weighted by Crippen LogP contribution is -2.07. The van der Waals surface area contributed by atoms with Crippen LogP contribution in [0.2, 0.25) is 10.0 Å². The third-order valence-corrected chi connectivity index (χ3v) is 4.16. The molecule has 2 aromatic rings. The number of hydrogen-bond acceptors (Lipinski definition) is 2. The molecule has 1 aromatic heterocycles. The van der Waals surface area contributed by atoms with Crippen molar-refractivity contribution in [2.75, 3.05) is 11.9 Å². The Morgan fingerprint density at radius 2 is 1.95 bits per heavy atom. The Hall–Kier alpha value is -0.990. The molecule has 4 heteroatoms. The van der Waals surface area contributed by atoms with Crippen molar-refractivity contribution >= 4 is 39.9 Å². The van der Waals surface area contributed by atoms with Gasteiger partial charge in [-0.05, 0) is 42.5 Å². The third-order valence-electron chi connectivity index (χ3n) is 3.37. The fourth-order valence-electron chi connectivity index (χ4n) is 2.24. The quantitative estimate of drug-likeness (QED) is 0.772. The van der Waals surface area contributed by atoms with E-state index in [2.05, 4.69) is 32.2 Å². The van der Waals surface area contributed by atoms with Crippen LogP contribution in [0.4, 0.5) is 5.82 Å². The molecule has 0 spiro atoms. The molecule has 0 radical (unpaired) electrons. The molecule has 0 unspecified atom stereocenters. The van der Waals surface area contributed by atoms with E-state index in [0.29, 0.717) is 10.9 Å². The number of hydrogen-bond donors (Lipinski definition) is 1. The molecule has 0 fully saturated rings. The molecule has 0 aliphatic heterocycles. The second kappa shape index (κ2) is 6.19. The van der Waals surface area contributed by atoms with Crippen LogP contribution in [-0.2, 0) is 0 Å². The van der Waals surface area contributed by atoms with Crippen molar-refractivity contribution in [3.63, 3.8) is 0 Å². The van der Waals surface area contributed by atoms with E-state index >= 15 is 0 Å². The molecule has 0 aliphatic rings. The highest BCUT2D eigenvalue weighted by molar-refractivity contribution is 6.40. The second-order valence-electron chi connectivity index (χ2n) is 5.39. The van der Waals surface area contributed by atoms with Crippen LogP contribution in [0.3, 0.4) is 0 Å². The van der Waals surface area contributed by atoms with Gasteiger partial charge in [0.15, 0.2) is 0 Å². The van der Waals surface area contributed by atoms with Gasteiger partial charge >= 0.3 is 0 Å². The van der Waals surface area contributed by atoms with E-state index in [9.17, 15) is 0 Å². The molecule has 0 saturated carbocycles. The number of pyridine rings is 1. The van der Waals surface area contributed by atoms with E-state index in [1.807, 2.05) is 13.0 Å². The van der Waals surface area contributed by atoms with Crippen LogP contribution >= 0.6 is 23.2 Å². The molecule has 1 heterocycles. The summed E-state index contributed by atoms with van der Waals surface area (Å²) in [4.78, 5) is 4.71. The Labute approximate surface area is 130 Å². The summed E-state index contributed by atoms with van der Waals surface area (Å²) >= 11 is 12.7. The Morgan fingerprint density at radius 3 is 2.55 bits per heavy atom. The average Bonchev–Trinajstić information content (AvgIpc) is 2.41. The minimum absolute atomic E-state index is 0.376. The topological polar surface area (TPSA) is 24.9 Å². The van der Waals surface area contributed by atoms with Crippen LogP contribution in [-0.4, -0.2) is 11.5 Å². The zero-order chi connectivity index (χ0) is 14.9. The molecule has 2 nitrogen and oxygen atoms in total. The van der Waals surface area contributed by atoms with Crippen LogP contribution in [0.5, 0.6) is 0 Å². The van der Waals surface area contributed by atoms with Crippen molar-refractivity contribution in [3.8, 4) is 0 Å². The summed E-state index contributed by atoms with van der Waals surface area (Å²) in [5.41, 5.74) is 2.93. The maximum Gasteiger partial charge on any atom is 0.130 e. The molecule has 1 aromatic carbocycles. The maximum atomic E-state index is 6.41. The maximum absolute atomic E-state index is 6.41. The van der Waals surface area contributed by atoms with Crippen LogP contribution in [0, 0.1) is 6.92 Å². The first-order valence-corrected chi connectivity index (χ1v) is 7.74. The van der Waals surface area contributed by atoms with Gasteiger partial charge in [0.1, 0.15) is 5.82 Å². The van der Waals surface area contributed by atoms with E-state index in [4.69, 9.17) is 28.2 Å². The second-order valence-corrected chi connectivity index (χ2v) is 6.18. The highest BCUT2D eigenvalue weighted by Gasteiger charge is 2.15. The summed E-state index contributed by atoms with van der Waals surface area (Å²) in [5.74, 6) is 1.29. The number of aromatic nitrogens is 1. The lowest BCUT2D eigenvalue weighted by molar-refractivity contribution is 0.856. The number of benzene rings is 1. The molecule has 0 aliphatic carbocycles. The molecule has 0 saturated heterocycles. The van der Waals surface area contributed by atoms with Gasteiger partial charge in [0.2, 0.25) is 0 Å². The van der Waals surface area contributed by atoms with Crippen molar-refractivity contribution < 1.29 is 0 Å². The predicted molar refractivity (Wildman–Crippen MR) is 89.4 cm³/mol. The van der Waals surface area contributed by atoms with E-state index in [-0.39, 0.29) is 0 Å². The molecular weight excluding hydrogens is 291 g/mol. The number of anilines is 1. The molecular formula is C16H20Cl2N2. The van der Waals surface area contributed by atoms with Crippen LogP contribution in [0.1, 0.15) is 44.2 Å². The minimum atomic E-state index is 0.376. The van der Waals surface area contributed by atoms with Gasteiger partial charge in [-0.3, -0.25) is 0 Å². The van der Waals surface area contributed by atoms with Crippen molar-refractivity contribution in [3.05, 3.63) is 33.3 Å². The molecule has 0 amide bonds. The van der Waals surface area contributed by atoms with Crippen molar-refractivity contribution in [1.82, 2.24) is 4.98 Å². The zero-order valence-corrected chi connectivity index (χ0v) is 13.9. The number of aryl methyl sites for hydroxylation is 1. The number of nitrogens with zero attached hydrogens (tertiary/aromatic N) is 1. The zero-order valence-electron chi connectivity index (χ0n) is 12.3. The number of fused-ring (bicyclic) bond motifs is 1. The van der Waals surface area contributed by atoms with Gasteiger partial charge in [-0.15, -0.1) is 0 Å². The van der Waals surface area contributed by atoms with E-state index in [0.717, 1.165) is 40.3 Å². The highest BCUT2D eigenvalue weighted by Crippen LogP contribution is 2.36. The van der Waals surface area contributed by atoms with Crippen molar-refractivity contribution in [1.29, 1.82) is 0 Å². The Morgan fingerprint density at radius 1 is 1.25 bits per heavy atom. The van der Waals surface area contributed by atoms with E-state index in [1.165, 1.54) is 5.56 Å². The SMILES string of the molecule is CCCNc1nc2c(Cl)cc(C)c(Cl)c2cc1C(C)C. The lowest BCUT2D eigenvalue weighted by Gasteiger charge is -2.16. The van der Waals surface area contributed by atoms with E-state index in [1.54, 1.807) is 0 Å². The van der Waals surface area contributed by atoms with Gasteiger partial charge in [0, 0.05) is 11.9 Å². The molecule has 1 N–H and O–H groups in total. The van der Waals surface area contributed by atoms with Gasteiger partial charge in [0.05, 0.1) is 15.6 Å². The molecule has 2 rings (SSSR count). The van der Waals surface area contributed by atoms with Crippen LogP contribution in [0.15, 0.2) is 12.1 Å². The average molecular weight is 311 g/mol. The summed E-state index contributed by atoms with van der Waals surface area (Å²) in [6.07, 6.45) is 1.06. The summed E-state index contributed by atoms with van der Waals surface area (Å²) in [6.45, 7) is 9.31. The molecule has 0 atom stereocenters. The van der Waals surface area contributed by atoms with Gasteiger partial charge in [-0.2, -0.15) is 0 Å². The normalized spacial score (nSPS) is 11.3. The number of rotatable bonds is 4. The third kappa shape index (κ3) is 2.87. The number of nitrogens with one attached hydrogen (secondary N) is 1. The van der Waals surface area contributed by atoms with Crippen molar-refractivity contribution in [2.24, 2.45) is 0 Å². The van der Waals surface area contributed by atoms with Gasteiger partial charge in [0.25, 0.3) is 0 Å². The standard InChI is InChI=1S/C16H20Cl2N2/c1-5-6-19-16-11(9(2)3)8-12-14(18)10(4)7-13(17)15(12)20-16/h7-9H,5-6H2,1-4H3,(H,19,20). The first kappa shape index (κ1) is 15.4. The predicted octanol–water partition coefficient (Wildman–Crippen LogP) is 5.80. The number of halogens is 2. The first-order chi connectivity index (χ1) is 9.45. The fraction of sp³-hybridized carbons (Fsp3) is 0.438. The van der Waals surface area contributed by atoms with Crippen LogP contribution in [0.25, 0.3) is 10.9 Å². The summed E-state index contributed by atoms with van der Waals surface area (Å²) in [5, 5.41) is 5.70. The first-order valence-electron chi connectivity index (χ1n) is 6.98. The molecule has 20 heavy (non-hydrogen) atoms. The highest BCUT2D eigenvalue weighted by atomic mass is 35.5. The Balaban J connectivity index is 2.71. The smallest absolute Gasteiger partial charge is 0.130 e. The van der Waals surface area contributed by atoms with Gasteiger partial charge in [-0.1, -0.05) is 44.0 Å². The molecule has 0 bridgehead atoms. The summed E-state index contributed by atoms with van der Waals surface area (Å²) in [7, 11) is 0. The van der Waals surface area contributed by atoms with Crippen molar-refractivity contribution in [2.45, 2.75) is 40.0 Å². The summed E-state index contributed by atoms with van der Waals surface area (Å²) in [6, 6.07) is 3.99. The summed E-state index contributed by atoms with van der Waals surface area (Å²) < 4.78 is 0. The Bertz CT molecular complexity index is 636. The minimum Gasteiger partial charge on any atom is -0.370 e. The monoisotopic (exact) mass is 310 g/mol. The largest absolute Gasteiger partial charge is 0.370 e. The molecule has 108 valence electrons. The lowest BCUT2D eigenvalue weighted by atomic mass is 10.0.